The summed E-state index contributed by atoms with van der Waals surface area (Å²) in [6, 6.07) is 15.6. The Bertz CT molecular complexity index is 1470. The number of anilines is 1. The minimum Gasteiger partial charge on any atom is -0.462 e. The second-order valence-electron chi connectivity index (χ2n) is 8.10. The van der Waals surface area contributed by atoms with Gasteiger partial charge in [-0.25, -0.2) is 9.18 Å². The second kappa shape index (κ2) is 9.56. The first-order valence-corrected chi connectivity index (χ1v) is 12.5. The molecule has 8 heteroatoms. The van der Waals surface area contributed by atoms with Gasteiger partial charge in [-0.05, 0) is 83.7 Å². The molecule has 0 atom stereocenters. The van der Waals surface area contributed by atoms with Gasteiger partial charge in [-0.15, -0.1) is 11.3 Å². The molecule has 1 aliphatic carbocycles. The van der Waals surface area contributed by atoms with E-state index >= 15 is 0 Å². The predicted octanol–water partition coefficient (Wildman–Crippen LogP) is 6.11. The number of hydrogen-bond donors (Lipinski definition) is 2. The summed E-state index contributed by atoms with van der Waals surface area (Å²) in [5.74, 6) is -1.39. The molecule has 4 aromatic rings. The van der Waals surface area contributed by atoms with Crippen LogP contribution >= 0.6 is 23.6 Å². The van der Waals surface area contributed by atoms with E-state index in [0.717, 1.165) is 29.4 Å². The standard InChI is InChI=1S/C27H21FN2O3S2/c1-2-33-26(32)23-21(19-13-10-16-7-6-15-4-3-5-20(19)22(15)16)14-35-25(23)30-27(34)29-24(31)17-8-11-18(28)12-9-17/h3-5,8-14H,2,6-7H2,1H3,(H2,29,30,31,34). The van der Waals surface area contributed by atoms with Crippen molar-refractivity contribution >= 4 is 56.3 Å². The van der Waals surface area contributed by atoms with Gasteiger partial charge < -0.3 is 10.1 Å². The maximum absolute atomic E-state index is 13.2. The van der Waals surface area contributed by atoms with Crippen LogP contribution in [-0.4, -0.2) is 23.6 Å². The molecule has 5 rings (SSSR count). The zero-order valence-electron chi connectivity index (χ0n) is 18.8. The number of halogens is 1. The molecule has 1 amide bonds. The number of esters is 1. The number of carbonyl (C=O) groups is 2. The molecular weight excluding hydrogens is 483 g/mol. The minimum absolute atomic E-state index is 0.0266. The Balaban J connectivity index is 1.49. The number of thiophene rings is 1. The lowest BCUT2D eigenvalue weighted by Crippen LogP contribution is -2.34. The SMILES string of the molecule is CCOC(=O)c1c(-c2ccc3c4c(cccc24)CC3)csc1NC(=S)NC(=O)c1ccc(F)cc1. The van der Waals surface area contributed by atoms with Gasteiger partial charge in [0.2, 0.25) is 0 Å². The molecule has 0 fully saturated rings. The topological polar surface area (TPSA) is 67.4 Å². The molecule has 0 aliphatic heterocycles. The van der Waals surface area contributed by atoms with Crippen LogP contribution in [0.2, 0.25) is 0 Å². The average molecular weight is 505 g/mol. The van der Waals surface area contributed by atoms with E-state index in [2.05, 4.69) is 34.9 Å². The molecule has 5 nitrogen and oxygen atoms in total. The highest BCUT2D eigenvalue weighted by molar-refractivity contribution is 7.80. The summed E-state index contributed by atoms with van der Waals surface area (Å²) >= 11 is 6.64. The van der Waals surface area contributed by atoms with Crippen molar-refractivity contribution in [3.8, 4) is 11.1 Å². The van der Waals surface area contributed by atoms with E-state index in [1.54, 1.807) is 6.92 Å². The zero-order valence-corrected chi connectivity index (χ0v) is 20.4. The van der Waals surface area contributed by atoms with Crippen LogP contribution in [-0.2, 0) is 17.6 Å². The molecule has 0 saturated carbocycles. The maximum atomic E-state index is 13.2. The highest BCUT2D eigenvalue weighted by Gasteiger charge is 2.25. The first kappa shape index (κ1) is 23.1. The van der Waals surface area contributed by atoms with Crippen LogP contribution in [0.5, 0.6) is 0 Å². The van der Waals surface area contributed by atoms with Crippen molar-refractivity contribution in [2.24, 2.45) is 0 Å². The van der Waals surface area contributed by atoms with E-state index < -0.39 is 17.7 Å². The quantitative estimate of drug-likeness (QED) is 0.254. The van der Waals surface area contributed by atoms with E-state index in [9.17, 15) is 14.0 Å². The number of aryl methyl sites for hydroxylation is 2. The number of benzene rings is 3. The van der Waals surface area contributed by atoms with E-state index in [1.165, 1.54) is 52.1 Å². The Morgan fingerprint density at radius 1 is 1.03 bits per heavy atom. The first-order valence-electron chi connectivity index (χ1n) is 11.2. The largest absolute Gasteiger partial charge is 0.462 e. The van der Waals surface area contributed by atoms with E-state index in [0.29, 0.717) is 10.6 Å². The van der Waals surface area contributed by atoms with Crippen molar-refractivity contribution in [2.75, 3.05) is 11.9 Å². The molecule has 2 N–H and O–H groups in total. The first-order chi connectivity index (χ1) is 17.0. The fourth-order valence-electron chi connectivity index (χ4n) is 4.45. The van der Waals surface area contributed by atoms with Gasteiger partial charge in [0.15, 0.2) is 5.11 Å². The third-order valence-corrected chi connectivity index (χ3v) is 7.10. The highest BCUT2D eigenvalue weighted by Crippen LogP contribution is 2.42. The third kappa shape index (κ3) is 4.42. The van der Waals surface area contributed by atoms with Crippen molar-refractivity contribution in [3.05, 3.63) is 88.0 Å². The number of ether oxygens (including phenoxy) is 1. The van der Waals surface area contributed by atoms with Crippen LogP contribution in [0.25, 0.3) is 21.9 Å². The number of nitrogens with one attached hydrogen (secondary N) is 2. The molecule has 1 aliphatic rings. The van der Waals surface area contributed by atoms with Crippen LogP contribution < -0.4 is 10.6 Å². The van der Waals surface area contributed by atoms with Gasteiger partial charge in [0.05, 0.1) is 6.61 Å². The van der Waals surface area contributed by atoms with Gasteiger partial charge in [-0.3, -0.25) is 10.1 Å². The Morgan fingerprint density at radius 3 is 2.51 bits per heavy atom. The summed E-state index contributed by atoms with van der Waals surface area (Å²) < 4.78 is 18.5. The number of amides is 1. The highest BCUT2D eigenvalue weighted by atomic mass is 32.1. The van der Waals surface area contributed by atoms with Crippen molar-refractivity contribution in [1.82, 2.24) is 5.32 Å². The van der Waals surface area contributed by atoms with E-state index in [1.807, 2.05) is 11.4 Å². The number of thiocarbonyl (C=S) groups is 1. The fourth-order valence-corrected chi connectivity index (χ4v) is 5.66. The second-order valence-corrected chi connectivity index (χ2v) is 9.39. The molecule has 1 aromatic heterocycles. The molecular formula is C27H21FN2O3S2. The molecule has 3 aromatic carbocycles. The summed E-state index contributed by atoms with van der Waals surface area (Å²) in [5.41, 5.74) is 4.96. The van der Waals surface area contributed by atoms with Crippen LogP contribution in [0.4, 0.5) is 9.39 Å². The van der Waals surface area contributed by atoms with Crippen LogP contribution in [0.15, 0.2) is 60.0 Å². The Labute approximate surface area is 210 Å². The minimum atomic E-state index is -0.482. The lowest BCUT2D eigenvalue weighted by molar-refractivity contribution is 0.0529. The molecule has 0 spiro atoms. The smallest absolute Gasteiger partial charge is 0.341 e. The summed E-state index contributed by atoms with van der Waals surface area (Å²) in [6.45, 7) is 1.98. The van der Waals surface area contributed by atoms with Gasteiger partial charge in [-0.1, -0.05) is 30.3 Å². The van der Waals surface area contributed by atoms with Gasteiger partial charge in [-0.2, -0.15) is 0 Å². The zero-order chi connectivity index (χ0) is 24.5. The average Bonchev–Trinajstić information content (AvgIpc) is 3.45. The van der Waals surface area contributed by atoms with Crippen LogP contribution in [0.1, 0.15) is 38.8 Å². The monoisotopic (exact) mass is 504 g/mol. The third-order valence-electron chi connectivity index (χ3n) is 6.00. The lowest BCUT2D eigenvalue weighted by atomic mass is 9.94. The van der Waals surface area contributed by atoms with Crippen molar-refractivity contribution in [1.29, 1.82) is 0 Å². The Hall–Kier alpha value is -3.62. The number of rotatable bonds is 5. The van der Waals surface area contributed by atoms with E-state index in [4.69, 9.17) is 17.0 Å². The van der Waals surface area contributed by atoms with Gasteiger partial charge >= 0.3 is 5.97 Å². The molecule has 1 heterocycles. The summed E-state index contributed by atoms with van der Waals surface area (Å²) in [4.78, 5) is 25.5. The number of carbonyl (C=O) groups excluding carboxylic acids is 2. The summed E-state index contributed by atoms with van der Waals surface area (Å²) in [6.07, 6.45) is 2.03. The Kier molecular flexibility index (Phi) is 6.32. The van der Waals surface area contributed by atoms with E-state index in [-0.39, 0.29) is 17.3 Å². The van der Waals surface area contributed by atoms with Gasteiger partial charge in [0.1, 0.15) is 16.4 Å². The summed E-state index contributed by atoms with van der Waals surface area (Å²) in [5, 5.41) is 10.3. The van der Waals surface area contributed by atoms with Crippen molar-refractivity contribution in [3.63, 3.8) is 0 Å². The number of hydrogen-bond acceptors (Lipinski definition) is 5. The molecule has 0 saturated heterocycles. The van der Waals surface area contributed by atoms with Gasteiger partial charge in [0.25, 0.3) is 5.91 Å². The fraction of sp³-hybridized carbons (Fsp3) is 0.148. The van der Waals surface area contributed by atoms with Gasteiger partial charge in [0, 0.05) is 16.5 Å². The normalized spacial score (nSPS) is 11.9. The maximum Gasteiger partial charge on any atom is 0.341 e. The summed E-state index contributed by atoms with van der Waals surface area (Å²) in [7, 11) is 0. The molecule has 176 valence electrons. The van der Waals surface area contributed by atoms with Crippen LogP contribution in [0, 0.1) is 5.82 Å². The molecule has 35 heavy (non-hydrogen) atoms. The van der Waals surface area contributed by atoms with Crippen molar-refractivity contribution in [2.45, 2.75) is 19.8 Å². The predicted molar refractivity (Wildman–Crippen MR) is 141 cm³/mol. The Morgan fingerprint density at radius 2 is 1.77 bits per heavy atom. The molecule has 0 radical (unpaired) electrons. The van der Waals surface area contributed by atoms with Crippen molar-refractivity contribution < 1.29 is 18.7 Å². The molecule has 0 unspecified atom stereocenters. The van der Waals surface area contributed by atoms with Crippen LogP contribution in [0.3, 0.4) is 0 Å². The molecule has 0 bridgehead atoms. The lowest BCUT2D eigenvalue weighted by Gasteiger charge is -2.13.